The molecule has 0 saturated carbocycles. The van der Waals surface area contributed by atoms with Crippen molar-refractivity contribution < 1.29 is 14.4 Å². The maximum atomic E-state index is 10.4. The summed E-state index contributed by atoms with van der Waals surface area (Å²) < 4.78 is 11.0. The molecule has 0 heterocycles. The fourth-order valence-electron chi connectivity index (χ4n) is 2.41. The average Bonchev–Trinajstić information content (AvgIpc) is 2.63. The van der Waals surface area contributed by atoms with Crippen molar-refractivity contribution in [1.29, 1.82) is 0 Å². The van der Waals surface area contributed by atoms with E-state index in [4.69, 9.17) is 9.47 Å². The number of hydrogen-bond donors (Lipinski definition) is 0. The molecule has 0 radical (unpaired) electrons. The summed E-state index contributed by atoms with van der Waals surface area (Å²) in [4.78, 5) is 9.92. The fraction of sp³-hybridized carbons (Fsp3) is 0.300. The molecule has 2 aromatic rings. The average molecular weight is 341 g/mol. The highest BCUT2D eigenvalue weighted by Crippen LogP contribution is 2.19. The third-order valence-corrected chi connectivity index (χ3v) is 3.69. The van der Waals surface area contributed by atoms with E-state index in [9.17, 15) is 10.1 Å². The van der Waals surface area contributed by atoms with Crippen LogP contribution in [0.15, 0.2) is 60.8 Å². The van der Waals surface area contributed by atoms with Gasteiger partial charge in [-0.05, 0) is 30.9 Å². The SMILES string of the molecule is O=[N+]([O-])/C=C/c1ccccc1OCOCCCCCc1ccccc1. The molecule has 0 bridgehead atoms. The quantitative estimate of drug-likeness (QED) is 0.257. The van der Waals surface area contributed by atoms with Crippen LogP contribution in [0.5, 0.6) is 5.75 Å². The van der Waals surface area contributed by atoms with Crippen molar-refractivity contribution in [1.82, 2.24) is 0 Å². The van der Waals surface area contributed by atoms with E-state index in [0.29, 0.717) is 17.9 Å². The lowest BCUT2D eigenvalue weighted by molar-refractivity contribution is -0.400. The summed E-state index contributed by atoms with van der Waals surface area (Å²) in [5.41, 5.74) is 2.02. The van der Waals surface area contributed by atoms with Crippen LogP contribution in [-0.2, 0) is 11.2 Å². The van der Waals surface area contributed by atoms with E-state index < -0.39 is 4.92 Å². The zero-order valence-electron chi connectivity index (χ0n) is 14.2. The van der Waals surface area contributed by atoms with Gasteiger partial charge in [0.2, 0.25) is 6.20 Å². The Labute approximate surface area is 148 Å². The predicted octanol–water partition coefficient (Wildman–Crippen LogP) is 4.70. The molecule has 0 saturated heterocycles. The highest BCUT2D eigenvalue weighted by Gasteiger charge is 2.01. The fourth-order valence-corrected chi connectivity index (χ4v) is 2.41. The summed E-state index contributed by atoms with van der Waals surface area (Å²) in [5, 5.41) is 10.4. The number of benzene rings is 2. The van der Waals surface area contributed by atoms with E-state index in [1.807, 2.05) is 12.1 Å². The predicted molar refractivity (Wildman–Crippen MR) is 97.9 cm³/mol. The molecule has 0 aliphatic heterocycles. The van der Waals surface area contributed by atoms with Gasteiger partial charge in [-0.3, -0.25) is 10.1 Å². The summed E-state index contributed by atoms with van der Waals surface area (Å²) in [6.07, 6.45) is 6.64. The summed E-state index contributed by atoms with van der Waals surface area (Å²) >= 11 is 0. The van der Waals surface area contributed by atoms with Gasteiger partial charge in [0.25, 0.3) is 0 Å². The van der Waals surface area contributed by atoms with E-state index >= 15 is 0 Å². The van der Waals surface area contributed by atoms with Crippen molar-refractivity contribution in [3.05, 3.63) is 82.0 Å². The largest absolute Gasteiger partial charge is 0.467 e. The third kappa shape index (κ3) is 7.63. The second-order valence-corrected chi connectivity index (χ2v) is 5.61. The van der Waals surface area contributed by atoms with Gasteiger partial charge in [0.1, 0.15) is 5.75 Å². The van der Waals surface area contributed by atoms with Crippen molar-refractivity contribution in [3.63, 3.8) is 0 Å². The van der Waals surface area contributed by atoms with Gasteiger partial charge >= 0.3 is 0 Å². The summed E-state index contributed by atoms with van der Waals surface area (Å²) in [6.45, 7) is 0.781. The second kappa shape index (κ2) is 11.0. The molecule has 0 aromatic heterocycles. The minimum atomic E-state index is -0.497. The maximum Gasteiger partial charge on any atom is 0.235 e. The van der Waals surface area contributed by atoms with Crippen LogP contribution in [-0.4, -0.2) is 18.3 Å². The molecule has 132 valence electrons. The topological polar surface area (TPSA) is 61.6 Å². The maximum absolute atomic E-state index is 10.4. The minimum Gasteiger partial charge on any atom is -0.467 e. The lowest BCUT2D eigenvalue weighted by atomic mass is 10.1. The van der Waals surface area contributed by atoms with Gasteiger partial charge in [-0.2, -0.15) is 0 Å². The van der Waals surface area contributed by atoms with Gasteiger partial charge < -0.3 is 9.47 Å². The van der Waals surface area contributed by atoms with Crippen LogP contribution in [0.4, 0.5) is 0 Å². The number of unbranched alkanes of at least 4 members (excludes halogenated alkanes) is 2. The van der Waals surface area contributed by atoms with Gasteiger partial charge in [0, 0.05) is 11.6 Å². The van der Waals surface area contributed by atoms with Crippen LogP contribution in [0, 0.1) is 10.1 Å². The highest BCUT2D eigenvalue weighted by atomic mass is 16.7. The highest BCUT2D eigenvalue weighted by molar-refractivity contribution is 5.56. The molecule has 0 unspecified atom stereocenters. The van der Waals surface area contributed by atoms with Crippen molar-refractivity contribution >= 4 is 6.08 Å². The monoisotopic (exact) mass is 341 g/mol. The van der Waals surface area contributed by atoms with E-state index in [1.165, 1.54) is 11.6 Å². The lowest BCUT2D eigenvalue weighted by Crippen LogP contribution is -2.05. The first-order valence-electron chi connectivity index (χ1n) is 8.41. The number of ether oxygens (including phenoxy) is 2. The van der Waals surface area contributed by atoms with Gasteiger partial charge in [-0.15, -0.1) is 0 Å². The number of aryl methyl sites for hydroxylation is 1. The standard InChI is InChI=1S/C20H23NO4/c22-21(23)15-14-19-12-6-7-13-20(19)25-17-24-16-8-2-5-11-18-9-3-1-4-10-18/h1,3-4,6-7,9-10,12-15H,2,5,8,11,16-17H2/b15-14+. The zero-order chi connectivity index (χ0) is 17.7. The minimum absolute atomic E-state index is 0.141. The molecule has 2 rings (SSSR count). The van der Waals surface area contributed by atoms with Crippen molar-refractivity contribution in [2.75, 3.05) is 13.4 Å². The summed E-state index contributed by atoms with van der Waals surface area (Å²) in [7, 11) is 0. The second-order valence-electron chi connectivity index (χ2n) is 5.61. The van der Waals surface area contributed by atoms with Gasteiger partial charge in [-0.1, -0.05) is 55.0 Å². The first-order valence-corrected chi connectivity index (χ1v) is 8.41. The van der Waals surface area contributed by atoms with Gasteiger partial charge in [0.05, 0.1) is 11.5 Å². The van der Waals surface area contributed by atoms with Crippen LogP contribution in [0.2, 0.25) is 0 Å². The van der Waals surface area contributed by atoms with Crippen molar-refractivity contribution in [2.45, 2.75) is 25.7 Å². The van der Waals surface area contributed by atoms with E-state index in [0.717, 1.165) is 31.9 Å². The normalized spacial score (nSPS) is 10.9. The third-order valence-electron chi connectivity index (χ3n) is 3.69. The molecule has 0 amide bonds. The Morgan fingerprint density at radius 3 is 2.52 bits per heavy atom. The van der Waals surface area contributed by atoms with Gasteiger partial charge in [0.15, 0.2) is 6.79 Å². The first-order chi connectivity index (χ1) is 12.3. The molecule has 0 N–H and O–H groups in total. The van der Waals surface area contributed by atoms with Crippen LogP contribution < -0.4 is 4.74 Å². The molecule has 0 atom stereocenters. The van der Waals surface area contributed by atoms with Crippen LogP contribution in [0.3, 0.4) is 0 Å². The molecular formula is C20H23NO4. The Morgan fingerprint density at radius 2 is 1.72 bits per heavy atom. The first kappa shape index (κ1) is 18.7. The van der Waals surface area contributed by atoms with Crippen LogP contribution >= 0.6 is 0 Å². The van der Waals surface area contributed by atoms with Crippen LogP contribution in [0.1, 0.15) is 30.4 Å². The molecule has 5 heteroatoms. The molecule has 5 nitrogen and oxygen atoms in total. The zero-order valence-corrected chi connectivity index (χ0v) is 14.2. The number of nitrogens with zero attached hydrogens (tertiary/aromatic N) is 1. The van der Waals surface area contributed by atoms with Crippen molar-refractivity contribution in [3.8, 4) is 5.75 Å². The molecule has 2 aromatic carbocycles. The molecule has 0 aliphatic carbocycles. The number of rotatable bonds is 11. The van der Waals surface area contributed by atoms with Gasteiger partial charge in [-0.25, -0.2) is 0 Å². The Balaban J connectivity index is 1.59. The number of nitro groups is 1. The molecule has 0 aliphatic rings. The van der Waals surface area contributed by atoms with E-state index in [-0.39, 0.29) is 6.79 Å². The summed E-state index contributed by atoms with van der Waals surface area (Å²) in [5.74, 6) is 0.574. The van der Waals surface area contributed by atoms with E-state index in [2.05, 4.69) is 24.3 Å². The van der Waals surface area contributed by atoms with E-state index in [1.54, 1.807) is 18.2 Å². The van der Waals surface area contributed by atoms with Crippen LogP contribution in [0.25, 0.3) is 6.08 Å². The molecular weight excluding hydrogens is 318 g/mol. The smallest absolute Gasteiger partial charge is 0.235 e. The Kier molecular flexibility index (Phi) is 8.21. The Hall–Kier alpha value is -2.66. The molecule has 25 heavy (non-hydrogen) atoms. The molecule has 0 spiro atoms. The van der Waals surface area contributed by atoms with Crippen molar-refractivity contribution in [2.24, 2.45) is 0 Å². The Morgan fingerprint density at radius 1 is 0.960 bits per heavy atom. The number of para-hydroxylation sites is 1. The summed E-state index contributed by atoms with van der Waals surface area (Å²) in [6, 6.07) is 17.6. The Bertz CT molecular complexity index is 670. The lowest BCUT2D eigenvalue weighted by Gasteiger charge is -2.09. The molecule has 0 fully saturated rings. The number of hydrogen-bond acceptors (Lipinski definition) is 4.